The Kier molecular flexibility index (Phi) is 2.95. The fraction of sp³-hybridized carbons (Fsp3) is 0.769. The van der Waals surface area contributed by atoms with Gasteiger partial charge >= 0.3 is 0 Å². The molecule has 1 aromatic rings. The fourth-order valence-electron chi connectivity index (χ4n) is 3.07. The second kappa shape index (κ2) is 4.59. The minimum absolute atomic E-state index is 0.487. The highest BCUT2D eigenvalue weighted by Gasteiger charge is 2.30. The Bertz CT molecular complexity index is 403. The number of nitrogens with zero attached hydrogens (tertiary/aromatic N) is 3. The Hall–Kier alpha value is -1.19. The molecule has 4 nitrogen and oxygen atoms in total. The zero-order valence-corrected chi connectivity index (χ0v) is 10.1. The first kappa shape index (κ1) is 10.9. The summed E-state index contributed by atoms with van der Waals surface area (Å²) >= 11 is 0. The van der Waals surface area contributed by atoms with Gasteiger partial charge in [0.15, 0.2) is 6.29 Å². The minimum atomic E-state index is 0.487. The van der Waals surface area contributed by atoms with Crippen LogP contribution in [0.15, 0.2) is 0 Å². The van der Waals surface area contributed by atoms with Crippen molar-refractivity contribution < 1.29 is 4.79 Å². The molecule has 0 saturated heterocycles. The Morgan fingerprint density at radius 2 is 1.82 bits per heavy atom. The lowest BCUT2D eigenvalue weighted by molar-refractivity contribution is 0.111. The first-order valence-corrected chi connectivity index (χ1v) is 6.80. The van der Waals surface area contributed by atoms with E-state index in [1.54, 1.807) is 0 Å². The third kappa shape index (κ3) is 1.90. The molecular formula is C13H19N3O. The van der Waals surface area contributed by atoms with E-state index in [1.165, 1.54) is 51.4 Å². The average molecular weight is 233 g/mol. The van der Waals surface area contributed by atoms with Crippen LogP contribution in [0.3, 0.4) is 0 Å². The van der Waals surface area contributed by atoms with Gasteiger partial charge in [0.1, 0.15) is 5.69 Å². The van der Waals surface area contributed by atoms with E-state index in [1.807, 2.05) is 0 Å². The SMILES string of the molecule is O=Cc1nnn(C2CCCCC2)c1C1CCC1. The normalized spacial score (nSPS) is 22.4. The number of carbonyl (C=O) groups is 1. The summed E-state index contributed by atoms with van der Waals surface area (Å²) in [5.74, 6) is 0.534. The molecular weight excluding hydrogens is 214 g/mol. The molecule has 1 heterocycles. The van der Waals surface area contributed by atoms with Gasteiger partial charge in [-0.05, 0) is 25.7 Å². The van der Waals surface area contributed by atoms with E-state index in [0.717, 1.165) is 12.0 Å². The predicted molar refractivity (Wildman–Crippen MR) is 64.1 cm³/mol. The van der Waals surface area contributed by atoms with Crippen molar-refractivity contribution in [2.45, 2.75) is 63.3 Å². The second-order valence-electron chi connectivity index (χ2n) is 5.34. The third-order valence-electron chi connectivity index (χ3n) is 4.28. The minimum Gasteiger partial charge on any atom is -0.296 e. The summed E-state index contributed by atoms with van der Waals surface area (Å²) in [4.78, 5) is 11.1. The van der Waals surface area contributed by atoms with Crippen LogP contribution < -0.4 is 0 Å². The van der Waals surface area contributed by atoms with Gasteiger partial charge in [-0.1, -0.05) is 30.9 Å². The molecule has 0 radical (unpaired) electrons. The van der Waals surface area contributed by atoms with Crippen molar-refractivity contribution in [1.29, 1.82) is 0 Å². The van der Waals surface area contributed by atoms with Gasteiger partial charge in [-0.25, -0.2) is 4.68 Å². The fourth-order valence-corrected chi connectivity index (χ4v) is 3.07. The van der Waals surface area contributed by atoms with Crippen molar-refractivity contribution in [3.05, 3.63) is 11.4 Å². The molecule has 4 heteroatoms. The van der Waals surface area contributed by atoms with Gasteiger partial charge in [-0.3, -0.25) is 4.79 Å². The van der Waals surface area contributed by atoms with Crippen molar-refractivity contribution in [3.8, 4) is 0 Å². The molecule has 0 atom stereocenters. The molecule has 0 amide bonds. The van der Waals surface area contributed by atoms with Crippen LogP contribution in [0.2, 0.25) is 0 Å². The Balaban J connectivity index is 1.91. The summed E-state index contributed by atoms with van der Waals surface area (Å²) in [7, 11) is 0. The summed E-state index contributed by atoms with van der Waals surface area (Å²) in [6.07, 6.45) is 10.8. The molecule has 0 spiro atoms. The molecule has 2 fully saturated rings. The maximum absolute atomic E-state index is 11.1. The Morgan fingerprint density at radius 3 is 2.41 bits per heavy atom. The van der Waals surface area contributed by atoms with Crippen LogP contribution in [0.4, 0.5) is 0 Å². The second-order valence-corrected chi connectivity index (χ2v) is 5.34. The van der Waals surface area contributed by atoms with E-state index in [9.17, 15) is 4.79 Å². The van der Waals surface area contributed by atoms with E-state index in [0.29, 0.717) is 17.7 Å². The van der Waals surface area contributed by atoms with Gasteiger partial charge in [0.05, 0.1) is 11.7 Å². The van der Waals surface area contributed by atoms with Crippen LogP contribution in [0.25, 0.3) is 0 Å². The lowest BCUT2D eigenvalue weighted by atomic mass is 9.81. The molecule has 3 rings (SSSR count). The lowest BCUT2D eigenvalue weighted by Gasteiger charge is -2.30. The van der Waals surface area contributed by atoms with Crippen LogP contribution in [0.1, 0.15) is 79.5 Å². The Morgan fingerprint density at radius 1 is 1.06 bits per heavy atom. The van der Waals surface area contributed by atoms with Crippen LogP contribution in [0.5, 0.6) is 0 Å². The number of hydrogen-bond acceptors (Lipinski definition) is 3. The first-order valence-electron chi connectivity index (χ1n) is 6.80. The summed E-state index contributed by atoms with van der Waals surface area (Å²) in [6, 6.07) is 0.487. The first-order chi connectivity index (χ1) is 8.40. The molecule has 0 aromatic carbocycles. The van der Waals surface area contributed by atoms with E-state index in [4.69, 9.17) is 0 Å². The zero-order chi connectivity index (χ0) is 11.7. The van der Waals surface area contributed by atoms with Crippen LogP contribution in [0, 0.1) is 0 Å². The highest BCUT2D eigenvalue weighted by atomic mass is 16.1. The molecule has 92 valence electrons. The monoisotopic (exact) mass is 233 g/mol. The molecule has 17 heavy (non-hydrogen) atoms. The number of aldehydes is 1. The van der Waals surface area contributed by atoms with Gasteiger partial charge in [0.25, 0.3) is 0 Å². The largest absolute Gasteiger partial charge is 0.296 e. The molecule has 1 aromatic heterocycles. The summed E-state index contributed by atoms with van der Waals surface area (Å²) in [6.45, 7) is 0. The molecule has 0 N–H and O–H groups in total. The van der Waals surface area contributed by atoms with Crippen molar-refractivity contribution in [2.24, 2.45) is 0 Å². The number of hydrogen-bond donors (Lipinski definition) is 0. The smallest absolute Gasteiger partial charge is 0.172 e. The van der Waals surface area contributed by atoms with Crippen molar-refractivity contribution in [3.63, 3.8) is 0 Å². The number of aromatic nitrogens is 3. The number of rotatable bonds is 3. The van der Waals surface area contributed by atoms with Crippen molar-refractivity contribution >= 4 is 6.29 Å². The highest BCUT2D eigenvalue weighted by Crippen LogP contribution is 2.39. The molecule has 2 aliphatic rings. The van der Waals surface area contributed by atoms with Gasteiger partial charge in [0.2, 0.25) is 0 Å². The molecule has 0 bridgehead atoms. The maximum atomic E-state index is 11.1. The third-order valence-corrected chi connectivity index (χ3v) is 4.28. The van der Waals surface area contributed by atoms with Crippen LogP contribution >= 0.6 is 0 Å². The topological polar surface area (TPSA) is 47.8 Å². The standard InChI is InChI=1S/C13H19N3O/c17-9-12-13(10-5-4-6-10)16(15-14-12)11-7-2-1-3-8-11/h9-11H,1-8H2. The van der Waals surface area contributed by atoms with Gasteiger partial charge < -0.3 is 0 Å². The number of carbonyl (C=O) groups excluding carboxylic acids is 1. The van der Waals surface area contributed by atoms with Gasteiger partial charge in [0, 0.05) is 5.92 Å². The molecule has 0 unspecified atom stereocenters. The van der Waals surface area contributed by atoms with Gasteiger partial charge in [-0.2, -0.15) is 0 Å². The summed E-state index contributed by atoms with van der Waals surface area (Å²) in [5.41, 5.74) is 1.71. The van der Waals surface area contributed by atoms with Crippen LogP contribution in [-0.2, 0) is 0 Å². The van der Waals surface area contributed by atoms with Crippen molar-refractivity contribution in [2.75, 3.05) is 0 Å². The average Bonchev–Trinajstić information content (AvgIpc) is 2.72. The quantitative estimate of drug-likeness (QED) is 0.754. The van der Waals surface area contributed by atoms with E-state index >= 15 is 0 Å². The van der Waals surface area contributed by atoms with Crippen LogP contribution in [-0.4, -0.2) is 21.3 Å². The van der Waals surface area contributed by atoms with E-state index in [2.05, 4.69) is 15.0 Å². The van der Waals surface area contributed by atoms with Gasteiger partial charge in [-0.15, -0.1) is 5.10 Å². The predicted octanol–water partition coefficient (Wildman–Crippen LogP) is 2.86. The lowest BCUT2D eigenvalue weighted by Crippen LogP contribution is -2.21. The van der Waals surface area contributed by atoms with E-state index in [-0.39, 0.29) is 0 Å². The van der Waals surface area contributed by atoms with Crippen molar-refractivity contribution in [1.82, 2.24) is 15.0 Å². The Labute approximate surface area is 101 Å². The van der Waals surface area contributed by atoms with E-state index < -0.39 is 0 Å². The highest BCUT2D eigenvalue weighted by molar-refractivity contribution is 5.73. The summed E-state index contributed by atoms with van der Waals surface area (Å²) in [5, 5.41) is 8.31. The molecule has 0 aliphatic heterocycles. The summed E-state index contributed by atoms with van der Waals surface area (Å²) < 4.78 is 2.08. The molecule has 2 saturated carbocycles. The maximum Gasteiger partial charge on any atom is 0.172 e. The zero-order valence-electron chi connectivity index (χ0n) is 10.1. The molecule has 2 aliphatic carbocycles.